The number of hydrogen-bond donors (Lipinski definition) is 2. The number of aromatic nitrogens is 1. The Hall–Kier alpha value is -1.58. The second-order valence-corrected chi connectivity index (χ2v) is 6.58. The van der Waals surface area contributed by atoms with Crippen LogP contribution in [0.25, 0.3) is 21.5 Å². The van der Waals surface area contributed by atoms with Crippen molar-refractivity contribution in [1.29, 1.82) is 0 Å². The quantitative estimate of drug-likeness (QED) is 0.653. The van der Waals surface area contributed by atoms with Gasteiger partial charge in [-0.15, -0.1) is 11.3 Å². The fraction of sp³-hybridized carbons (Fsp3) is 0.333. The first-order chi connectivity index (χ1) is 10.2. The van der Waals surface area contributed by atoms with E-state index in [1.165, 1.54) is 38.2 Å². The normalized spacial score (nSPS) is 11.4. The van der Waals surface area contributed by atoms with Crippen LogP contribution in [-0.2, 0) is 6.42 Å². The molecule has 0 aliphatic rings. The van der Waals surface area contributed by atoms with Crippen LogP contribution in [0.3, 0.4) is 0 Å². The highest BCUT2D eigenvalue weighted by Gasteiger charge is 2.15. The molecule has 0 amide bonds. The Morgan fingerprint density at radius 3 is 2.71 bits per heavy atom. The highest BCUT2D eigenvalue weighted by atomic mass is 32.1. The maximum atomic E-state index is 5.65. The Bertz CT molecular complexity index is 738. The minimum atomic E-state index is 0.773. The zero-order valence-corrected chi connectivity index (χ0v) is 13.5. The molecule has 2 aromatic heterocycles. The van der Waals surface area contributed by atoms with Gasteiger partial charge in [0.15, 0.2) is 0 Å². The molecule has 21 heavy (non-hydrogen) atoms. The van der Waals surface area contributed by atoms with Gasteiger partial charge in [-0.2, -0.15) is 0 Å². The number of unbranched alkanes of at least 4 members (excludes halogenated alkanes) is 1. The van der Waals surface area contributed by atoms with Crippen molar-refractivity contribution < 1.29 is 0 Å². The summed E-state index contributed by atoms with van der Waals surface area (Å²) in [5.41, 5.74) is 12.4. The van der Waals surface area contributed by atoms with Crippen LogP contribution >= 0.6 is 11.3 Å². The first kappa shape index (κ1) is 14.4. The third kappa shape index (κ3) is 2.63. The van der Waals surface area contributed by atoms with E-state index >= 15 is 0 Å². The first-order valence-corrected chi connectivity index (χ1v) is 8.45. The standard InChI is InChI=1S/C18H22N2S/c1-12-8-9-15-14(6-3-4-10-19)18(16-7-5-11-21-16)20-17(15)13(12)2/h5,7-9,11,20H,3-4,6,10,19H2,1-2H3. The third-order valence-corrected chi connectivity index (χ3v) is 5.15. The number of nitrogens with two attached hydrogens (primary N) is 1. The SMILES string of the molecule is Cc1ccc2c(CCCCN)c(-c3cccs3)[nH]c2c1C. The van der Waals surface area contributed by atoms with Crippen LogP contribution in [0.4, 0.5) is 0 Å². The molecule has 3 aromatic rings. The van der Waals surface area contributed by atoms with Crippen LogP contribution in [0.5, 0.6) is 0 Å². The van der Waals surface area contributed by atoms with Gasteiger partial charge in [0, 0.05) is 10.9 Å². The van der Waals surface area contributed by atoms with Gasteiger partial charge in [0.2, 0.25) is 0 Å². The second-order valence-electron chi connectivity index (χ2n) is 5.63. The maximum absolute atomic E-state index is 5.65. The molecule has 0 aliphatic heterocycles. The summed E-state index contributed by atoms with van der Waals surface area (Å²) in [5, 5.41) is 3.52. The van der Waals surface area contributed by atoms with E-state index in [0.29, 0.717) is 0 Å². The molecule has 0 unspecified atom stereocenters. The summed E-state index contributed by atoms with van der Waals surface area (Å²) in [6.45, 7) is 5.15. The number of H-pyrrole nitrogens is 1. The Morgan fingerprint density at radius 2 is 2.00 bits per heavy atom. The zero-order chi connectivity index (χ0) is 14.8. The van der Waals surface area contributed by atoms with Crippen molar-refractivity contribution in [1.82, 2.24) is 4.98 Å². The Balaban J connectivity index is 2.15. The summed E-state index contributed by atoms with van der Waals surface area (Å²) in [5.74, 6) is 0. The predicted molar refractivity (Wildman–Crippen MR) is 93.1 cm³/mol. The lowest BCUT2D eigenvalue weighted by Gasteiger charge is -2.04. The number of benzene rings is 1. The summed E-state index contributed by atoms with van der Waals surface area (Å²) in [6, 6.07) is 8.82. The molecule has 2 nitrogen and oxygen atoms in total. The van der Waals surface area contributed by atoms with E-state index in [1.54, 1.807) is 11.3 Å². The summed E-state index contributed by atoms with van der Waals surface area (Å²) in [7, 11) is 0. The first-order valence-electron chi connectivity index (χ1n) is 7.57. The van der Waals surface area contributed by atoms with Gasteiger partial charge < -0.3 is 10.7 Å². The highest BCUT2D eigenvalue weighted by Crippen LogP contribution is 2.35. The van der Waals surface area contributed by atoms with E-state index in [4.69, 9.17) is 5.73 Å². The Kier molecular flexibility index (Phi) is 4.13. The summed E-state index contributed by atoms with van der Waals surface area (Å²) in [6.07, 6.45) is 3.32. The number of thiophene rings is 1. The molecule has 3 N–H and O–H groups in total. The van der Waals surface area contributed by atoms with E-state index in [1.807, 2.05) is 0 Å². The van der Waals surface area contributed by atoms with Gasteiger partial charge in [-0.3, -0.25) is 0 Å². The monoisotopic (exact) mass is 298 g/mol. The molecule has 0 bridgehead atoms. The van der Waals surface area contributed by atoms with Crippen molar-refractivity contribution in [3.05, 3.63) is 46.3 Å². The van der Waals surface area contributed by atoms with Crippen molar-refractivity contribution in [2.75, 3.05) is 6.54 Å². The topological polar surface area (TPSA) is 41.8 Å². The van der Waals surface area contributed by atoms with E-state index in [9.17, 15) is 0 Å². The van der Waals surface area contributed by atoms with Crippen LogP contribution in [0.1, 0.15) is 29.5 Å². The van der Waals surface area contributed by atoms with Gasteiger partial charge in [-0.1, -0.05) is 18.2 Å². The molecule has 0 saturated carbocycles. The van der Waals surface area contributed by atoms with Gasteiger partial charge in [-0.05, 0) is 67.8 Å². The van der Waals surface area contributed by atoms with Crippen LogP contribution in [0.15, 0.2) is 29.6 Å². The van der Waals surface area contributed by atoms with Crippen LogP contribution < -0.4 is 5.73 Å². The van der Waals surface area contributed by atoms with Crippen molar-refractivity contribution in [2.24, 2.45) is 5.73 Å². The number of aryl methyl sites for hydroxylation is 3. The Labute approximate surface area is 130 Å². The van der Waals surface area contributed by atoms with E-state index < -0.39 is 0 Å². The van der Waals surface area contributed by atoms with E-state index in [-0.39, 0.29) is 0 Å². The largest absolute Gasteiger partial charge is 0.353 e. The molecule has 0 spiro atoms. The number of rotatable bonds is 5. The molecule has 2 heterocycles. The van der Waals surface area contributed by atoms with Crippen molar-refractivity contribution in [3.8, 4) is 10.6 Å². The minimum absolute atomic E-state index is 0.773. The molecular formula is C18H22N2S. The molecule has 110 valence electrons. The van der Waals surface area contributed by atoms with Crippen LogP contribution in [-0.4, -0.2) is 11.5 Å². The van der Waals surface area contributed by atoms with Gasteiger partial charge in [0.05, 0.1) is 10.6 Å². The molecule has 3 heteroatoms. The molecule has 3 rings (SSSR count). The summed E-state index contributed by atoms with van der Waals surface area (Å²) in [4.78, 5) is 5.01. The second kappa shape index (κ2) is 6.04. The summed E-state index contributed by atoms with van der Waals surface area (Å²) >= 11 is 1.80. The van der Waals surface area contributed by atoms with Crippen molar-refractivity contribution in [2.45, 2.75) is 33.1 Å². The number of hydrogen-bond acceptors (Lipinski definition) is 2. The van der Waals surface area contributed by atoms with Gasteiger partial charge in [0.1, 0.15) is 0 Å². The summed E-state index contributed by atoms with van der Waals surface area (Å²) < 4.78 is 0. The van der Waals surface area contributed by atoms with E-state index in [0.717, 1.165) is 25.8 Å². The van der Waals surface area contributed by atoms with Crippen LogP contribution in [0, 0.1) is 13.8 Å². The minimum Gasteiger partial charge on any atom is -0.353 e. The lowest BCUT2D eigenvalue weighted by atomic mass is 10.0. The predicted octanol–water partition coefficient (Wildman–Crippen LogP) is 4.79. The van der Waals surface area contributed by atoms with Crippen molar-refractivity contribution >= 4 is 22.2 Å². The molecule has 0 atom stereocenters. The highest BCUT2D eigenvalue weighted by molar-refractivity contribution is 7.13. The Morgan fingerprint density at radius 1 is 1.14 bits per heavy atom. The zero-order valence-electron chi connectivity index (χ0n) is 12.7. The molecule has 0 saturated heterocycles. The van der Waals surface area contributed by atoms with Gasteiger partial charge in [0.25, 0.3) is 0 Å². The molecular weight excluding hydrogens is 276 g/mol. The van der Waals surface area contributed by atoms with E-state index in [2.05, 4.69) is 48.5 Å². The fourth-order valence-electron chi connectivity index (χ4n) is 2.90. The number of aromatic amines is 1. The average Bonchev–Trinajstić information content (AvgIpc) is 3.11. The number of nitrogens with one attached hydrogen (secondary N) is 1. The third-order valence-electron chi connectivity index (χ3n) is 4.26. The molecule has 1 aromatic carbocycles. The van der Waals surface area contributed by atoms with Crippen molar-refractivity contribution in [3.63, 3.8) is 0 Å². The van der Waals surface area contributed by atoms with Gasteiger partial charge in [-0.25, -0.2) is 0 Å². The smallest absolute Gasteiger partial charge is 0.0598 e. The fourth-order valence-corrected chi connectivity index (χ4v) is 3.65. The molecule has 0 fully saturated rings. The van der Waals surface area contributed by atoms with Crippen LogP contribution in [0.2, 0.25) is 0 Å². The average molecular weight is 298 g/mol. The lowest BCUT2D eigenvalue weighted by molar-refractivity contribution is 0.748. The number of fused-ring (bicyclic) bond motifs is 1. The lowest BCUT2D eigenvalue weighted by Crippen LogP contribution is -1.99. The molecule has 0 radical (unpaired) electrons. The van der Waals surface area contributed by atoms with Gasteiger partial charge >= 0.3 is 0 Å². The maximum Gasteiger partial charge on any atom is 0.0598 e. The molecule has 0 aliphatic carbocycles.